The van der Waals surface area contributed by atoms with Crippen molar-refractivity contribution in [3.8, 4) is 0 Å². The smallest absolute Gasteiger partial charge is 0.340 e. The van der Waals surface area contributed by atoms with Crippen LogP contribution in [0.25, 0.3) is 10.9 Å². The predicted octanol–water partition coefficient (Wildman–Crippen LogP) is 5.67. The second kappa shape index (κ2) is 9.66. The summed E-state index contributed by atoms with van der Waals surface area (Å²) < 4.78 is 26.1. The van der Waals surface area contributed by atoms with Gasteiger partial charge in [-0.1, -0.05) is 22.0 Å². The van der Waals surface area contributed by atoms with Gasteiger partial charge in [-0.3, -0.25) is 13.8 Å². The number of rotatable bonds is 8. The molecule has 1 amide bonds. The van der Waals surface area contributed by atoms with Crippen LogP contribution < -0.4 is 9.99 Å². The van der Waals surface area contributed by atoms with Crippen molar-refractivity contribution in [2.24, 2.45) is 0 Å². The largest absolute Gasteiger partial charge is 0.442 e. The van der Waals surface area contributed by atoms with Gasteiger partial charge in [0.15, 0.2) is 0 Å². The van der Waals surface area contributed by atoms with E-state index in [-0.39, 0.29) is 13.2 Å². The molecule has 2 aromatic carbocycles. The van der Waals surface area contributed by atoms with Crippen LogP contribution in [0.3, 0.4) is 0 Å². The molecule has 30 heavy (non-hydrogen) atoms. The van der Waals surface area contributed by atoms with Gasteiger partial charge in [-0.05, 0) is 50.2 Å². The number of carbonyl (C=O) groups excluding carboxylic acids is 1. The summed E-state index contributed by atoms with van der Waals surface area (Å²) in [6.07, 6.45) is 1.45. The molecule has 3 rings (SSSR count). The monoisotopic (exact) mass is 492 g/mol. The van der Waals surface area contributed by atoms with Gasteiger partial charge in [0.1, 0.15) is 12.1 Å². The van der Waals surface area contributed by atoms with Gasteiger partial charge in [0, 0.05) is 22.5 Å². The van der Waals surface area contributed by atoms with Crippen molar-refractivity contribution in [3.63, 3.8) is 0 Å². The Morgan fingerprint density at radius 3 is 2.50 bits per heavy atom. The lowest BCUT2D eigenvalue weighted by molar-refractivity contribution is -0.115. The Bertz CT molecular complexity index is 1100. The van der Waals surface area contributed by atoms with E-state index in [0.717, 1.165) is 14.8 Å². The summed E-state index contributed by atoms with van der Waals surface area (Å²) in [5, 5.41) is 3.91. The van der Waals surface area contributed by atoms with Crippen molar-refractivity contribution in [2.75, 3.05) is 23.2 Å². The summed E-state index contributed by atoms with van der Waals surface area (Å²) in [6.45, 7) is 4.97. The third-order valence-corrected chi connectivity index (χ3v) is 6.74. The molecule has 0 radical (unpaired) electrons. The number of amides is 1. The van der Waals surface area contributed by atoms with Gasteiger partial charge in [0.25, 0.3) is 0 Å². The van der Waals surface area contributed by atoms with E-state index >= 15 is 0 Å². The lowest BCUT2D eigenvalue weighted by Crippen LogP contribution is -2.27. The van der Waals surface area contributed by atoms with Crippen LogP contribution in [0.4, 0.5) is 17.2 Å². The van der Waals surface area contributed by atoms with Gasteiger partial charge in [0.05, 0.1) is 24.4 Å². The first-order valence-electron chi connectivity index (χ1n) is 9.35. The molecule has 1 heterocycles. The maximum Gasteiger partial charge on any atom is 0.442 e. The summed E-state index contributed by atoms with van der Waals surface area (Å²) >= 11 is 3.45. The van der Waals surface area contributed by atoms with Crippen LogP contribution in [0.5, 0.6) is 0 Å². The quantitative estimate of drug-likeness (QED) is 0.404. The minimum Gasteiger partial charge on any atom is -0.340 e. The van der Waals surface area contributed by atoms with Gasteiger partial charge in [-0.25, -0.2) is 19.2 Å². The van der Waals surface area contributed by atoms with E-state index in [1.807, 2.05) is 24.3 Å². The van der Waals surface area contributed by atoms with Crippen molar-refractivity contribution < 1.29 is 18.4 Å². The maximum absolute atomic E-state index is 13.3. The Kier molecular flexibility index (Phi) is 7.20. The minimum absolute atomic E-state index is 0.132. The molecular formula is C20H22BrN4O4P. The Balaban J connectivity index is 2.10. The number of fused-ring (bicyclic) bond motifs is 1. The zero-order valence-corrected chi connectivity index (χ0v) is 19.3. The highest BCUT2D eigenvalue weighted by atomic mass is 79.9. The molecular weight excluding hydrogens is 471 g/mol. The molecule has 10 heteroatoms. The Morgan fingerprint density at radius 2 is 1.87 bits per heavy atom. The zero-order chi connectivity index (χ0) is 21.7. The van der Waals surface area contributed by atoms with Crippen molar-refractivity contribution in [2.45, 2.75) is 20.8 Å². The van der Waals surface area contributed by atoms with Crippen LogP contribution >= 0.6 is 23.7 Å². The van der Waals surface area contributed by atoms with Crippen molar-refractivity contribution in [1.82, 2.24) is 9.97 Å². The van der Waals surface area contributed by atoms with E-state index in [1.165, 1.54) is 13.3 Å². The van der Waals surface area contributed by atoms with E-state index in [4.69, 9.17) is 9.05 Å². The first-order chi connectivity index (χ1) is 14.4. The fourth-order valence-electron chi connectivity index (χ4n) is 2.95. The highest BCUT2D eigenvalue weighted by molar-refractivity contribution is 9.10. The summed E-state index contributed by atoms with van der Waals surface area (Å²) in [4.78, 5) is 21.1. The summed E-state index contributed by atoms with van der Waals surface area (Å²) in [5.41, 5.74) is 1.86. The van der Waals surface area contributed by atoms with Crippen LogP contribution in [0.1, 0.15) is 20.8 Å². The Morgan fingerprint density at radius 1 is 1.13 bits per heavy atom. The molecule has 0 unspecified atom stereocenters. The standard InChI is InChI=1S/C20H22BrN4O4P/c1-4-28-30(27,29-5-2)25(14(3)26)17-9-10-19-18(12-17)20(23-13-22-19)24-16-8-6-7-15(21)11-16/h6-13H,4-5H2,1-3H3,(H,22,23,24). The van der Waals surface area contributed by atoms with Crippen LogP contribution in [-0.4, -0.2) is 29.1 Å². The number of benzene rings is 2. The molecule has 0 atom stereocenters. The summed E-state index contributed by atoms with van der Waals surface area (Å²) in [7, 11) is -3.86. The maximum atomic E-state index is 13.3. The molecule has 0 aliphatic rings. The van der Waals surface area contributed by atoms with E-state index in [2.05, 4.69) is 31.2 Å². The van der Waals surface area contributed by atoms with Gasteiger partial charge in [0.2, 0.25) is 5.91 Å². The summed E-state index contributed by atoms with van der Waals surface area (Å²) in [6, 6.07) is 12.7. The zero-order valence-electron chi connectivity index (χ0n) is 16.8. The van der Waals surface area contributed by atoms with Gasteiger partial charge < -0.3 is 5.32 Å². The normalized spacial score (nSPS) is 11.5. The number of nitrogens with one attached hydrogen (secondary N) is 1. The second-order valence-corrected chi connectivity index (χ2v) is 8.96. The second-order valence-electron chi connectivity index (χ2n) is 6.19. The Labute approximate surface area is 183 Å². The molecule has 1 N–H and O–H groups in total. The summed E-state index contributed by atoms with van der Waals surface area (Å²) in [5.74, 6) is 0.0871. The van der Waals surface area contributed by atoms with E-state index in [9.17, 15) is 9.36 Å². The number of halogens is 1. The van der Waals surface area contributed by atoms with Crippen LogP contribution in [0, 0.1) is 0 Å². The lowest BCUT2D eigenvalue weighted by atomic mass is 10.2. The Hall–Kier alpha value is -2.32. The number of hydrogen-bond acceptors (Lipinski definition) is 7. The number of hydrogen-bond donors (Lipinski definition) is 1. The topological polar surface area (TPSA) is 93.7 Å². The molecule has 0 fully saturated rings. The third-order valence-electron chi connectivity index (χ3n) is 4.08. The molecule has 0 bridgehead atoms. The molecule has 0 spiro atoms. The SMILES string of the molecule is CCOP(=O)(OCC)N(C(C)=O)c1ccc2ncnc(Nc3cccc(Br)c3)c2c1. The molecule has 3 aromatic rings. The number of nitrogens with zero attached hydrogens (tertiary/aromatic N) is 3. The van der Waals surface area contributed by atoms with E-state index < -0.39 is 13.7 Å². The van der Waals surface area contributed by atoms with Crippen LogP contribution in [0.15, 0.2) is 53.3 Å². The molecule has 158 valence electrons. The van der Waals surface area contributed by atoms with Crippen molar-refractivity contribution >= 4 is 57.7 Å². The fraction of sp³-hybridized carbons (Fsp3) is 0.250. The minimum atomic E-state index is -3.86. The van der Waals surface area contributed by atoms with Gasteiger partial charge >= 0.3 is 7.75 Å². The van der Waals surface area contributed by atoms with Crippen LogP contribution in [0.2, 0.25) is 0 Å². The average Bonchev–Trinajstić information content (AvgIpc) is 2.68. The van der Waals surface area contributed by atoms with Gasteiger partial charge in [-0.2, -0.15) is 0 Å². The van der Waals surface area contributed by atoms with Crippen molar-refractivity contribution in [1.29, 1.82) is 0 Å². The molecule has 1 aromatic heterocycles. The number of carbonyl (C=O) groups is 1. The highest BCUT2D eigenvalue weighted by Crippen LogP contribution is 2.54. The van der Waals surface area contributed by atoms with Gasteiger partial charge in [-0.15, -0.1) is 0 Å². The van der Waals surface area contributed by atoms with Crippen LogP contribution in [-0.2, 0) is 18.4 Å². The first kappa shape index (κ1) is 22.4. The molecule has 0 aliphatic heterocycles. The highest BCUT2D eigenvalue weighted by Gasteiger charge is 2.37. The number of anilines is 3. The number of aromatic nitrogens is 2. The molecule has 0 saturated heterocycles. The average molecular weight is 493 g/mol. The van der Waals surface area contributed by atoms with E-state index in [1.54, 1.807) is 32.0 Å². The third kappa shape index (κ3) is 4.87. The van der Waals surface area contributed by atoms with Crippen molar-refractivity contribution in [3.05, 3.63) is 53.3 Å². The fourth-order valence-corrected chi connectivity index (χ4v) is 5.06. The first-order valence-corrected chi connectivity index (χ1v) is 11.6. The van der Waals surface area contributed by atoms with E-state index in [0.29, 0.717) is 22.4 Å². The molecule has 0 saturated carbocycles. The molecule has 8 nitrogen and oxygen atoms in total. The molecule has 0 aliphatic carbocycles. The lowest BCUT2D eigenvalue weighted by Gasteiger charge is -2.29. The predicted molar refractivity (Wildman–Crippen MR) is 121 cm³/mol.